The minimum atomic E-state index is 0.0591. The van der Waals surface area contributed by atoms with Gasteiger partial charge in [0.25, 0.3) is 5.91 Å². The third-order valence-corrected chi connectivity index (χ3v) is 4.66. The summed E-state index contributed by atoms with van der Waals surface area (Å²) in [6.07, 6.45) is 4.52. The predicted octanol–water partition coefficient (Wildman–Crippen LogP) is 4.06. The van der Waals surface area contributed by atoms with Crippen LogP contribution in [0.15, 0.2) is 24.3 Å². The van der Waals surface area contributed by atoms with Gasteiger partial charge in [-0.05, 0) is 61.8 Å². The number of amides is 1. The molecule has 0 aliphatic heterocycles. The highest BCUT2D eigenvalue weighted by Gasteiger charge is 2.25. The molecule has 1 aliphatic carbocycles. The van der Waals surface area contributed by atoms with Gasteiger partial charge in [0, 0.05) is 23.8 Å². The summed E-state index contributed by atoms with van der Waals surface area (Å²) in [4.78, 5) is 12.3. The fourth-order valence-corrected chi connectivity index (χ4v) is 2.96. The number of rotatable bonds is 5. The third-order valence-electron chi connectivity index (χ3n) is 4.66. The summed E-state index contributed by atoms with van der Waals surface area (Å²) in [7, 11) is 0. The maximum atomic E-state index is 12.3. The Morgan fingerprint density at radius 2 is 1.86 bits per heavy atom. The van der Waals surface area contributed by atoms with Crippen molar-refractivity contribution in [2.24, 2.45) is 11.8 Å². The molecule has 1 fully saturated rings. The van der Waals surface area contributed by atoms with Crippen molar-refractivity contribution in [1.29, 1.82) is 0 Å². The minimum Gasteiger partial charge on any atom is -0.385 e. The quantitative estimate of drug-likeness (QED) is 0.857. The average molecular weight is 288 g/mol. The molecule has 1 aromatic rings. The molecule has 1 saturated carbocycles. The van der Waals surface area contributed by atoms with Crippen LogP contribution < -0.4 is 10.6 Å². The zero-order valence-corrected chi connectivity index (χ0v) is 13.5. The molecule has 0 saturated heterocycles. The largest absolute Gasteiger partial charge is 0.385 e. The Labute approximate surface area is 128 Å². The topological polar surface area (TPSA) is 41.1 Å². The highest BCUT2D eigenvalue weighted by Crippen LogP contribution is 2.29. The number of carbonyl (C=O) groups excluding carboxylic acids is 1. The highest BCUT2D eigenvalue weighted by molar-refractivity contribution is 5.94. The normalized spacial score (nSPS) is 25.4. The van der Waals surface area contributed by atoms with E-state index in [1.54, 1.807) is 0 Å². The highest BCUT2D eigenvalue weighted by atomic mass is 16.1. The molecule has 116 valence electrons. The standard InChI is InChI=1S/C18H28N2O/c1-4-11-19-16-9-6-15(7-10-16)18(21)20-17-8-5-13(2)14(3)12-17/h6-7,9-10,13-14,17,19H,4-5,8,11-12H2,1-3H3,(H,20,21). The van der Waals surface area contributed by atoms with Gasteiger partial charge in [0.05, 0.1) is 0 Å². The molecule has 2 N–H and O–H groups in total. The van der Waals surface area contributed by atoms with Crippen LogP contribution in [0.1, 0.15) is 56.8 Å². The van der Waals surface area contributed by atoms with Crippen molar-refractivity contribution in [2.45, 2.75) is 52.5 Å². The number of hydrogen-bond donors (Lipinski definition) is 2. The second kappa shape index (κ2) is 7.48. The Bertz CT molecular complexity index is 455. The van der Waals surface area contributed by atoms with E-state index in [0.717, 1.165) is 43.0 Å². The first-order chi connectivity index (χ1) is 10.1. The smallest absolute Gasteiger partial charge is 0.251 e. The molecule has 3 unspecified atom stereocenters. The van der Waals surface area contributed by atoms with Crippen molar-refractivity contribution in [3.63, 3.8) is 0 Å². The van der Waals surface area contributed by atoms with Gasteiger partial charge in [-0.1, -0.05) is 20.8 Å². The Morgan fingerprint density at radius 1 is 1.14 bits per heavy atom. The van der Waals surface area contributed by atoms with E-state index in [1.165, 1.54) is 6.42 Å². The fraction of sp³-hybridized carbons (Fsp3) is 0.611. The van der Waals surface area contributed by atoms with Gasteiger partial charge >= 0.3 is 0 Å². The van der Waals surface area contributed by atoms with Crippen molar-refractivity contribution < 1.29 is 4.79 Å². The van der Waals surface area contributed by atoms with Crippen LogP contribution in [0.4, 0.5) is 5.69 Å². The van der Waals surface area contributed by atoms with E-state index in [4.69, 9.17) is 0 Å². The van der Waals surface area contributed by atoms with E-state index in [9.17, 15) is 4.79 Å². The molecule has 0 heterocycles. The summed E-state index contributed by atoms with van der Waals surface area (Å²) < 4.78 is 0. The Kier molecular flexibility index (Phi) is 5.66. The summed E-state index contributed by atoms with van der Waals surface area (Å²) in [5, 5.41) is 6.51. The van der Waals surface area contributed by atoms with Crippen molar-refractivity contribution in [2.75, 3.05) is 11.9 Å². The molecule has 3 atom stereocenters. The maximum Gasteiger partial charge on any atom is 0.251 e. The third kappa shape index (κ3) is 4.48. The molecule has 1 amide bonds. The van der Waals surface area contributed by atoms with Crippen molar-refractivity contribution >= 4 is 11.6 Å². The molecule has 2 rings (SSSR count). The first-order valence-electron chi connectivity index (χ1n) is 8.25. The van der Waals surface area contributed by atoms with Gasteiger partial charge in [0.15, 0.2) is 0 Å². The van der Waals surface area contributed by atoms with E-state index in [2.05, 4.69) is 31.4 Å². The van der Waals surface area contributed by atoms with Crippen LogP contribution in [0.5, 0.6) is 0 Å². The second-order valence-corrected chi connectivity index (χ2v) is 6.44. The summed E-state index contributed by atoms with van der Waals surface area (Å²) in [6, 6.07) is 8.11. The van der Waals surface area contributed by atoms with Gasteiger partial charge in [-0.3, -0.25) is 4.79 Å². The minimum absolute atomic E-state index is 0.0591. The van der Waals surface area contributed by atoms with Crippen LogP contribution in [0.3, 0.4) is 0 Å². The lowest BCUT2D eigenvalue weighted by Crippen LogP contribution is -2.39. The van der Waals surface area contributed by atoms with Crippen LogP contribution in [0.2, 0.25) is 0 Å². The lowest BCUT2D eigenvalue weighted by atomic mass is 9.79. The summed E-state index contributed by atoms with van der Waals surface area (Å²) in [5.41, 5.74) is 1.83. The van der Waals surface area contributed by atoms with Crippen molar-refractivity contribution in [3.8, 4) is 0 Å². The molecule has 0 spiro atoms. The van der Waals surface area contributed by atoms with Crippen LogP contribution >= 0.6 is 0 Å². The number of hydrogen-bond acceptors (Lipinski definition) is 2. The molecular formula is C18H28N2O. The monoisotopic (exact) mass is 288 g/mol. The predicted molar refractivity (Wildman–Crippen MR) is 88.7 cm³/mol. The first-order valence-corrected chi connectivity index (χ1v) is 8.25. The van der Waals surface area contributed by atoms with Gasteiger partial charge in [0.1, 0.15) is 0 Å². The molecule has 1 aliphatic rings. The number of benzene rings is 1. The molecular weight excluding hydrogens is 260 g/mol. The Balaban J connectivity index is 1.88. The van der Waals surface area contributed by atoms with Crippen LogP contribution in [0, 0.1) is 11.8 Å². The van der Waals surface area contributed by atoms with Crippen LogP contribution in [0.25, 0.3) is 0 Å². The Morgan fingerprint density at radius 3 is 2.48 bits per heavy atom. The number of anilines is 1. The first kappa shape index (κ1) is 15.9. The average Bonchev–Trinajstić information content (AvgIpc) is 2.49. The summed E-state index contributed by atoms with van der Waals surface area (Å²) >= 11 is 0. The SMILES string of the molecule is CCCNc1ccc(C(=O)NC2CCC(C)C(C)C2)cc1. The van der Waals surface area contributed by atoms with E-state index < -0.39 is 0 Å². The van der Waals surface area contributed by atoms with Crippen LogP contribution in [-0.2, 0) is 0 Å². The zero-order valence-electron chi connectivity index (χ0n) is 13.5. The molecule has 1 aromatic carbocycles. The number of nitrogens with one attached hydrogen (secondary N) is 2. The van der Waals surface area contributed by atoms with Crippen molar-refractivity contribution in [3.05, 3.63) is 29.8 Å². The van der Waals surface area contributed by atoms with E-state index in [-0.39, 0.29) is 5.91 Å². The summed E-state index contributed by atoms with van der Waals surface area (Å²) in [6.45, 7) is 7.70. The van der Waals surface area contributed by atoms with Gasteiger partial charge < -0.3 is 10.6 Å². The summed E-state index contributed by atoms with van der Waals surface area (Å²) in [5.74, 6) is 1.54. The van der Waals surface area contributed by atoms with Gasteiger partial charge in [-0.2, -0.15) is 0 Å². The van der Waals surface area contributed by atoms with Crippen LogP contribution in [-0.4, -0.2) is 18.5 Å². The van der Waals surface area contributed by atoms with Gasteiger partial charge in [-0.15, -0.1) is 0 Å². The van der Waals surface area contributed by atoms with Crippen molar-refractivity contribution in [1.82, 2.24) is 5.32 Å². The molecule has 0 bridgehead atoms. The van der Waals surface area contributed by atoms with Gasteiger partial charge in [-0.25, -0.2) is 0 Å². The molecule has 3 heteroatoms. The fourth-order valence-electron chi connectivity index (χ4n) is 2.96. The molecule has 0 radical (unpaired) electrons. The number of carbonyl (C=O) groups is 1. The molecule has 21 heavy (non-hydrogen) atoms. The van der Waals surface area contributed by atoms with E-state index in [0.29, 0.717) is 12.0 Å². The Hall–Kier alpha value is -1.51. The lowest BCUT2D eigenvalue weighted by Gasteiger charge is -2.32. The maximum absolute atomic E-state index is 12.3. The van der Waals surface area contributed by atoms with E-state index in [1.807, 2.05) is 24.3 Å². The van der Waals surface area contributed by atoms with E-state index >= 15 is 0 Å². The molecule has 0 aromatic heterocycles. The molecule has 3 nitrogen and oxygen atoms in total. The zero-order chi connectivity index (χ0) is 15.2. The second-order valence-electron chi connectivity index (χ2n) is 6.44. The lowest BCUT2D eigenvalue weighted by molar-refractivity contribution is 0.0910. The van der Waals surface area contributed by atoms with Gasteiger partial charge in [0.2, 0.25) is 0 Å².